The largest absolute Gasteiger partial charge is 0.309 e. The first-order chi connectivity index (χ1) is 28.3. The fourth-order valence-electron chi connectivity index (χ4n) is 8.71. The van der Waals surface area contributed by atoms with Crippen LogP contribution >= 0.6 is 11.3 Å². The maximum atomic E-state index is 5.26. The molecule has 4 aromatic heterocycles. The van der Waals surface area contributed by atoms with E-state index in [2.05, 4.69) is 161 Å². The molecule has 12 aromatic rings. The van der Waals surface area contributed by atoms with Crippen LogP contribution in [0.3, 0.4) is 0 Å². The smallest absolute Gasteiger partial charge is 0.164 e. The summed E-state index contributed by atoms with van der Waals surface area (Å²) in [5, 5.41) is 7.24. The Hall–Kier alpha value is -7.41. The lowest BCUT2D eigenvalue weighted by molar-refractivity contribution is 1.07. The zero-order valence-electron chi connectivity index (χ0n) is 30.5. The van der Waals surface area contributed by atoms with Crippen LogP contribution in [0.25, 0.3) is 109 Å². The van der Waals surface area contributed by atoms with Gasteiger partial charge in [0, 0.05) is 69.8 Å². The van der Waals surface area contributed by atoms with Crippen LogP contribution in [-0.2, 0) is 0 Å². The van der Waals surface area contributed by atoms with Crippen LogP contribution in [0.2, 0.25) is 0 Å². The Morgan fingerprint density at radius 2 is 0.912 bits per heavy atom. The van der Waals surface area contributed by atoms with Gasteiger partial charge in [-0.05, 0) is 48.5 Å². The van der Waals surface area contributed by atoms with E-state index in [9.17, 15) is 0 Å². The molecule has 0 radical (unpaired) electrons. The SMILES string of the molecule is c1ccc(-c2nc(-c3ccccc3)nc(-c3cc(-n4c5ccccc5c5c4ccc4c6ccccc6n(-c6ccccc6)c45)cc4sc5ccccc5c34)n2)cc1. The van der Waals surface area contributed by atoms with E-state index in [1.165, 1.54) is 47.4 Å². The zero-order chi connectivity index (χ0) is 37.5. The van der Waals surface area contributed by atoms with Crippen molar-refractivity contribution in [3.8, 4) is 45.5 Å². The Morgan fingerprint density at radius 1 is 0.351 bits per heavy atom. The van der Waals surface area contributed by atoms with Crippen molar-refractivity contribution < 1.29 is 0 Å². The molecule has 4 heterocycles. The van der Waals surface area contributed by atoms with Crippen molar-refractivity contribution >= 4 is 75.1 Å². The second-order valence-electron chi connectivity index (χ2n) is 14.4. The van der Waals surface area contributed by atoms with Gasteiger partial charge in [0.25, 0.3) is 0 Å². The van der Waals surface area contributed by atoms with Crippen LogP contribution in [0.1, 0.15) is 0 Å². The van der Waals surface area contributed by atoms with Crippen molar-refractivity contribution in [3.63, 3.8) is 0 Å². The van der Waals surface area contributed by atoms with Gasteiger partial charge >= 0.3 is 0 Å². The molecule has 8 aromatic carbocycles. The van der Waals surface area contributed by atoms with Crippen LogP contribution < -0.4 is 0 Å². The van der Waals surface area contributed by atoms with Gasteiger partial charge in [0.15, 0.2) is 17.5 Å². The first-order valence-electron chi connectivity index (χ1n) is 19.1. The van der Waals surface area contributed by atoms with Crippen molar-refractivity contribution in [1.82, 2.24) is 24.1 Å². The van der Waals surface area contributed by atoms with Crippen molar-refractivity contribution in [2.75, 3.05) is 0 Å². The Kier molecular flexibility index (Phi) is 7.03. The highest BCUT2D eigenvalue weighted by Gasteiger charge is 2.23. The summed E-state index contributed by atoms with van der Waals surface area (Å²) in [6.07, 6.45) is 0. The Balaban J connectivity index is 1.20. The molecule has 0 fully saturated rings. The van der Waals surface area contributed by atoms with E-state index in [-0.39, 0.29) is 0 Å². The van der Waals surface area contributed by atoms with E-state index in [1.807, 2.05) is 47.7 Å². The lowest BCUT2D eigenvalue weighted by Gasteiger charge is -2.13. The Morgan fingerprint density at radius 3 is 1.61 bits per heavy atom. The molecule has 0 N–H and O–H groups in total. The summed E-state index contributed by atoms with van der Waals surface area (Å²) in [5.74, 6) is 1.93. The highest BCUT2D eigenvalue weighted by atomic mass is 32.1. The number of fused-ring (bicyclic) bond motifs is 10. The van der Waals surface area contributed by atoms with Gasteiger partial charge in [0.1, 0.15) is 0 Å². The fourth-order valence-corrected chi connectivity index (χ4v) is 9.87. The molecule has 0 bridgehead atoms. The lowest BCUT2D eigenvalue weighted by atomic mass is 10.0. The van der Waals surface area contributed by atoms with Gasteiger partial charge < -0.3 is 9.13 Å². The number of hydrogen-bond donors (Lipinski definition) is 0. The highest BCUT2D eigenvalue weighted by Crippen LogP contribution is 2.45. The lowest BCUT2D eigenvalue weighted by Crippen LogP contribution is -2.01. The summed E-state index contributed by atoms with van der Waals surface area (Å²) < 4.78 is 7.27. The average molecular weight is 746 g/mol. The Bertz CT molecular complexity index is 3450. The standard InChI is InChI=1S/C51H31N5S/c1-4-16-32(17-5-1)49-52-50(33-18-6-2-7-19-33)54-51(53-49)40-30-35(31-45-46(40)39-24-12-15-27-44(39)57-45)55-42-26-14-11-23-38(42)47-43(55)29-28-37-36-22-10-13-25-41(36)56(48(37)47)34-20-8-3-9-21-34/h1-31H. The zero-order valence-corrected chi connectivity index (χ0v) is 31.4. The molecule has 0 saturated heterocycles. The summed E-state index contributed by atoms with van der Waals surface area (Å²) in [5.41, 5.74) is 9.73. The van der Waals surface area contributed by atoms with Crippen LogP contribution in [0.5, 0.6) is 0 Å². The molecule has 0 unspecified atom stereocenters. The molecule has 0 aliphatic rings. The minimum Gasteiger partial charge on any atom is -0.309 e. The van der Waals surface area contributed by atoms with Gasteiger partial charge in [0.2, 0.25) is 0 Å². The van der Waals surface area contributed by atoms with E-state index in [0.29, 0.717) is 17.5 Å². The van der Waals surface area contributed by atoms with Crippen LogP contribution in [-0.4, -0.2) is 24.1 Å². The molecule has 0 aliphatic carbocycles. The summed E-state index contributed by atoms with van der Waals surface area (Å²) in [6.45, 7) is 0. The Labute approximate surface area is 331 Å². The molecule has 0 spiro atoms. The summed E-state index contributed by atoms with van der Waals surface area (Å²) in [7, 11) is 0. The molecule has 5 nitrogen and oxygen atoms in total. The first kappa shape index (κ1) is 31.9. The highest BCUT2D eigenvalue weighted by molar-refractivity contribution is 7.26. The molecular weight excluding hydrogens is 715 g/mol. The van der Waals surface area contributed by atoms with Crippen LogP contribution in [0, 0.1) is 0 Å². The number of benzene rings is 8. The second-order valence-corrected chi connectivity index (χ2v) is 15.5. The minimum absolute atomic E-state index is 0.644. The van der Waals surface area contributed by atoms with Crippen LogP contribution in [0.4, 0.5) is 0 Å². The fraction of sp³-hybridized carbons (Fsp3) is 0. The molecule has 12 rings (SSSR count). The van der Waals surface area contributed by atoms with Crippen LogP contribution in [0.15, 0.2) is 188 Å². The van der Waals surface area contributed by atoms with E-state index in [4.69, 9.17) is 15.0 Å². The normalized spacial score (nSPS) is 11.9. The van der Waals surface area contributed by atoms with Gasteiger partial charge in [-0.15, -0.1) is 11.3 Å². The molecule has 266 valence electrons. The summed E-state index contributed by atoms with van der Waals surface area (Å²) >= 11 is 1.81. The molecule has 57 heavy (non-hydrogen) atoms. The number of nitrogens with zero attached hydrogens (tertiary/aromatic N) is 5. The topological polar surface area (TPSA) is 48.5 Å². The van der Waals surface area contributed by atoms with E-state index >= 15 is 0 Å². The molecule has 0 amide bonds. The van der Waals surface area contributed by atoms with Crippen molar-refractivity contribution in [2.45, 2.75) is 0 Å². The third-order valence-electron chi connectivity index (χ3n) is 11.1. The summed E-state index contributed by atoms with van der Waals surface area (Å²) in [6, 6.07) is 66.6. The number of para-hydroxylation sites is 3. The minimum atomic E-state index is 0.644. The first-order valence-corrected chi connectivity index (χ1v) is 19.9. The predicted molar refractivity (Wildman–Crippen MR) is 238 cm³/mol. The number of aromatic nitrogens is 5. The molecular formula is C51H31N5S. The number of rotatable bonds is 5. The molecule has 6 heteroatoms. The van der Waals surface area contributed by atoms with Crippen molar-refractivity contribution in [1.29, 1.82) is 0 Å². The molecule has 0 atom stereocenters. The monoisotopic (exact) mass is 745 g/mol. The third kappa shape index (κ3) is 4.91. The number of hydrogen-bond acceptors (Lipinski definition) is 4. The quantitative estimate of drug-likeness (QED) is 0.176. The van der Waals surface area contributed by atoms with Gasteiger partial charge in [-0.25, -0.2) is 15.0 Å². The second kappa shape index (κ2) is 12.6. The van der Waals surface area contributed by atoms with Crippen molar-refractivity contribution in [2.24, 2.45) is 0 Å². The third-order valence-corrected chi connectivity index (χ3v) is 12.3. The maximum Gasteiger partial charge on any atom is 0.164 e. The van der Waals surface area contributed by atoms with Gasteiger partial charge in [0.05, 0.1) is 22.1 Å². The van der Waals surface area contributed by atoms with Crippen molar-refractivity contribution in [3.05, 3.63) is 188 Å². The number of thiophene rings is 1. The van der Waals surface area contributed by atoms with E-state index < -0.39 is 0 Å². The maximum absolute atomic E-state index is 5.26. The summed E-state index contributed by atoms with van der Waals surface area (Å²) in [4.78, 5) is 15.6. The van der Waals surface area contributed by atoms with Gasteiger partial charge in [-0.3, -0.25) is 0 Å². The van der Waals surface area contributed by atoms with Gasteiger partial charge in [-0.1, -0.05) is 140 Å². The van der Waals surface area contributed by atoms with Gasteiger partial charge in [-0.2, -0.15) is 0 Å². The molecule has 0 saturated carbocycles. The van der Waals surface area contributed by atoms with E-state index in [1.54, 1.807) is 0 Å². The molecule has 0 aliphatic heterocycles. The van der Waals surface area contributed by atoms with E-state index in [0.717, 1.165) is 44.5 Å². The average Bonchev–Trinajstić information content (AvgIpc) is 3.94. The predicted octanol–water partition coefficient (Wildman–Crippen LogP) is 13.4.